The molecule has 0 aliphatic heterocycles. The van der Waals surface area contributed by atoms with Gasteiger partial charge in [0.1, 0.15) is 0 Å². The van der Waals surface area contributed by atoms with E-state index in [-0.39, 0.29) is 12.0 Å². The minimum atomic E-state index is 0.0270. The van der Waals surface area contributed by atoms with Gasteiger partial charge in [0.2, 0.25) is 5.13 Å². The zero-order valence-electron chi connectivity index (χ0n) is 12.3. The zero-order valence-corrected chi connectivity index (χ0v) is 14.0. The summed E-state index contributed by atoms with van der Waals surface area (Å²) in [7, 11) is 0. The second kappa shape index (κ2) is 8.00. The highest BCUT2D eigenvalue weighted by Crippen LogP contribution is 2.36. The van der Waals surface area contributed by atoms with Crippen molar-refractivity contribution >= 4 is 39.4 Å². The van der Waals surface area contributed by atoms with Crippen LogP contribution in [-0.4, -0.2) is 28.4 Å². The van der Waals surface area contributed by atoms with Gasteiger partial charge in [0, 0.05) is 11.3 Å². The van der Waals surface area contributed by atoms with Gasteiger partial charge in [-0.05, 0) is 25.5 Å². The molecule has 1 saturated carbocycles. The third-order valence-electron chi connectivity index (χ3n) is 3.46. The topological polar surface area (TPSA) is 125 Å². The molecule has 2 unspecified atom stereocenters. The summed E-state index contributed by atoms with van der Waals surface area (Å²) in [6.45, 7) is 0. The van der Waals surface area contributed by atoms with Gasteiger partial charge in [-0.2, -0.15) is 10.3 Å². The van der Waals surface area contributed by atoms with Gasteiger partial charge in [0.05, 0.1) is 11.7 Å². The summed E-state index contributed by atoms with van der Waals surface area (Å²) in [5.41, 5.74) is 11.8. The molecule has 0 saturated heterocycles. The Bertz CT molecular complexity index is 598. The number of nitrogens with one attached hydrogen (secondary N) is 1. The van der Waals surface area contributed by atoms with Crippen molar-refractivity contribution in [3.05, 3.63) is 11.1 Å². The highest BCUT2D eigenvalue weighted by atomic mass is 32.2. The molecule has 1 aromatic rings. The Labute approximate surface area is 137 Å². The fourth-order valence-corrected chi connectivity index (χ4v) is 3.71. The summed E-state index contributed by atoms with van der Waals surface area (Å²) in [5, 5.41) is 14.6. The molecule has 1 fully saturated rings. The minimum Gasteiger partial charge on any atom is -0.370 e. The van der Waals surface area contributed by atoms with Crippen LogP contribution in [-0.2, 0) is 0 Å². The van der Waals surface area contributed by atoms with Gasteiger partial charge in [-0.15, -0.1) is 11.3 Å². The van der Waals surface area contributed by atoms with E-state index in [1.54, 1.807) is 0 Å². The molecule has 0 spiro atoms. The third kappa shape index (κ3) is 4.61. The lowest BCUT2D eigenvalue weighted by molar-refractivity contribution is 0.391. The van der Waals surface area contributed by atoms with Gasteiger partial charge in [0.15, 0.2) is 17.3 Å². The highest BCUT2D eigenvalue weighted by Gasteiger charge is 2.25. The monoisotopic (exact) mass is 337 g/mol. The van der Waals surface area contributed by atoms with Crippen LogP contribution in [0.4, 0.5) is 5.13 Å². The van der Waals surface area contributed by atoms with Crippen LogP contribution in [0.5, 0.6) is 0 Å². The molecule has 2 rings (SSSR count). The molecule has 22 heavy (non-hydrogen) atoms. The largest absolute Gasteiger partial charge is 0.370 e. The number of guanidine groups is 1. The van der Waals surface area contributed by atoms with E-state index in [1.807, 2.05) is 17.8 Å². The van der Waals surface area contributed by atoms with Gasteiger partial charge >= 0.3 is 0 Å². The van der Waals surface area contributed by atoms with Crippen LogP contribution in [0.15, 0.2) is 15.4 Å². The lowest BCUT2D eigenvalue weighted by Gasteiger charge is -2.25. The summed E-state index contributed by atoms with van der Waals surface area (Å²) in [6.07, 6.45) is 8.00. The van der Waals surface area contributed by atoms with Crippen LogP contribution in [0, 0.1) is 11.5 Å². The third-order valence-corrected chi connectivity index (χ3v) is 4.80. The van der Waals surface area contributed by atoms with Crippen LogP contribution in [0.2, 0.25) is 0 Å². The predicted molar refractivity (Wildman–Crippen MR) is 92.3 cm³/mol. The highest BCUT2D eigenvalue weighted by molar-refractivity contribution is 8.13. The van der Waals surface area contributed by atoms with E-state index < -0.39 is 0 Å². The molecule has 9 heteroatoms. The average Bonchev–Trinajstić information content (AvgIpc) is 2.95. The van der Waals surface area contributed by atoms with Crippen molar-refractivity contribution in [3.63, 3.8) is 0 Å². The van der Waals surface area contributed by atoms with E-state index in [9.17, 15) is 0 Å². The number of amidine groups is 1. The van der Waals surface area contributed by atoms with Crippen LogP contribution in [0.3, 0.4) is 0 Å². The molecule has 0 aromatic carbocycles. The number of aliphatic imine (C=N–C) groups is 2. The number of rotatable bonds is 3. The van der Waals surface area contributed by atoms with E-state index in [2.05, 4.69) is 20.3 Å². The first kappa shape index (κ1) is 16.6. The first-order valence-corrected chi connectivity index (χ1v) is 9.04. The van der Waals surface area contributed by atoms with Gasteiger partial charge in [-0.25, -0.2) is 4.98 Å². The quantitative estimate of drug-likeness (QED) is 0.334. The van der Waals surface area contributed by atoms with Crippen LogP contribution in [0.25, 0.3) is 0 Å². The van der Waals surface area contributed by atoms with Crippen LogP contribution < -0.4 is 16.8 Å². The van der Waals surface area contributed by atoms with Crippen LogP contribution in [0.1, 0.15) is 37.3 Å². The minimum absolute atomic E-state index is 0.0270. The molecule has 5 N–H and O–H groups in total. The number of hydrogen-bond donors (Lipinski definition) is 3. The Morgan fingerprint density at radius 3 is 3.05 bits per heavy atom. The van der Waals surface area contributed by atoms with Gasteiger partial charge in [0.25, 0.3) is 0 Å². The predicted octanol–water partition coefficient (Wildman–Crippen LogP) is 1.86. The molecule has 0 bridgehead atoms. The molecule has 2 atom stereocenters. The number of nitriles is 1. The first-order valence-electron chi connectivity index (χ1n) is 6.94. The summed E-state index contributed by atoms with van der Waals surface area (Å²) < 4.78 is 0. The number of nitrogens with zero attached hydrogens (tertiary/aromatic N) is 4. The number of thiazole rings is 1. The fourth-order valence-electron chi connectivity index (χ4n) is 2.53. The summed E-state index contributed by atoms with van der Waals surface area (Å²) in [5.74, 6) is 0.395. The van der Waals surface area contributed by atoms with Crippen molar-refractivity contribution in [3.8, 4) is 6.19 Å². The lowest BCUT2D eigenvalue weighted by atomic mass is 9.84. The molecule has 0 radical (unpaired) electrons. The molecule has 1 heterocycles. The standard InChI is InChI=1S/C13H19N7S2/c1-21-12(17-7-14)18-9-4-2-3-8(5-9)10-6-22-13(19-10)20-11(15)16/h6,8-9H,2-5H2,1H3,(H,17,18)(H4,15,16,19,20). The Balaban J connectivity index is 2.06. The van der Waals surface area contributed by atoms with E-state index >= 15 is 0 Å². The van der Waals surface area contributed by atoms with Gasteiger partial charge in [-0.3, -0.25) is 10.3 Å². The number of aromatic nitrogens is 1. The van der Waals surface area contributed by atoms with Crippen molar-refractivity contribution in [2.45, 2.75) is 37.6 Å². The molecule has 1 aromatic heterocycles. The Morgan fingerprint density at radius 2 is 2.36 bits per heavy atom. The van der Waals surface area contributed by atoms with Gasteiger partial charge in [-0.1, -0.05) is 18.2 Å². The second-order valence-electron chi connectivity index (χ2n) is 4.98. The SMILES string of the molecule is CSC(=NC1CCCC(c2csc(N=C(N)N)n2)C1)NC#N. The maximum atomic E-state index is 8.71. The summed E-state index contributed by atoms with van der Waals surface area (Å²) in [6, 6.07) is 0.218. The Hall–Kier alpha value is -1.79. The molecule has 0 amide bonds. The number of hydrogen-bond acceptors (Lipinski definition) is 6. The van der Waals surface area contributed by atoms with E-state index in [0.717, 1.165) is 31.4 Å². The Kier molecular flexibility index (Phi) is 6.03. The average molecular weight is 337 g/mol. The van der Waals surface area contributed by atoms with Crippen molar-refractivity contribution in [1.82, 2.24) is 10.3 Å². The Morgan fingerprint density at radius 1 is 1.55 bits per heavy atom. The van der Waals surface area contributed by atoms with Crippen LogP contribution >= 0.6 is 23.1 Å². The molecule has 1 aliphatic carbocycles. The summed E-state index contributed by atoms with van der Waals surface area (Å²) in [4.78, 5) is 13.1. The second-order valence-corrected chi connectivity index (χ2v) is 6.62. The lowest BCUT2D eigenvalue weighted by Crippen LogP contribution is -2.22. The fraction of sp³-hybridized carbons (Fsp3) is 0.538. The molecule has 1 aliphatic rings. The zero-order chi connectivity index (χ0) is 15.9. The van der Waals surface area contributed by atoms with Crippen molar-refractivity contribution < 1.29 is 0 Å². The van der Waals surface area contributed by atoms with Crippen molar-refractivity contribution in [1.29, 1.82) is 5.26 Å². The first-order chi connectivity index (χ1) is 10.6. The number of thioether (sulfide) groups is 1. The normalized spacial score (nSPS) is 21.9. The summed E-state index contributed by atoms with van der Waals surface area (Å²) >= 11 is 2.90. The van der Waals surface area contributed by atoms with E-state index in [4.69, 9.17) is 16.7 Å². The van der Waals surface area contributed by atoms with Crippen molar-refractivity contribution in [2.75, 3.05) is 6.26 Å². The maximum Gasteiger partial charge on any atom is 0.212 e. The molecular weight excluding hydrogens is 318 g/mol. The smallest absolute Gasteiger partial charge is 0.212 e. The van der Waals surface area contributed by atoms with Gasteiger partial charge < -0.3 is 11.5 Å². The van der Waals surface area contributed by atoms with E-state index in [1.165, 1.54) is 23.1 Å². The molecule has 118 valence electrons. The number of nitrogens with two attached hydrogens (primary N) is 2. The molecular formula is C13H19N7S2. The maximum absolute atomic E-state index is 8.71. The molecule has 7 nitrogen and oxygen atoms in total. The van der Waals surface area contributed by atoms with E-state index in [0.29, 0.717) is 16.2 Å². The van der Waals surface area contributed by atoms with Crippen molar-refractivity contribution in [2.24, 2.45) is 21.5 Å².